The van der Waals surface area contributed by atoms with Gasteiger partial charge in [0.25, 0.3) is 11.8 Å². The third kappa shape index (κ3) is 6.58. The lowest BCUT2D eigenvalue weighted by Crippen LogP contribution is -2.20. The zero-order valence-electron chi connectivity index (χ0n) is 18.0. The predicted octanol–water partition coefficient (Wildman–Crippen LogP) is 4.10. The molecular weight excluding hydrogens is 441 g/mol. The molecule has 0 spiro atoms. The Hall–Kier alpha value is -4.84. The maximum absolute atomic E-state index is 13.0. The van der Waals surface area contributed by atoms with Crippen LogP contribution in [0.2, 0.25) is 0 Å². The first-order valence-electron chi connectivity index (χ1n) is 9.96. The molecule has 0 saturated heterocycles. The Morgan fingerprint density at radius 2 is 1.65 bits per heavy atom. The Morgan fingerprint density at radius 1 is 1.00 bits per heavy atom. The molecule has 8 nitrogen and oxygen atoms in total. The molecule has 172 valence electrons. The number of phenols is 1. The van der Waals surface area contributed by atoms with Crippen molar-refractivity contribution in [1.29, 1.82) is 5.26 Å². The van der Waals surface area contributed by atoms with Crippen LogP contribution in [-0.2, 0) is 9.59 Å². The van der Waals surface area contributed by atoms with Crippen molar-refractivity contribution in [2.75, 3.05) is 24.4 Å². The summed E-state index contributed by atoms with van der Waals surface area (Å²) in [6.45, 7) is -0.318. The lowest BCUT2D eigenvalue weighted by molar-refractivity contribution is -0.118. The Bertz CT molecular complexity index is 1250. The number of rotatable bonds is 8. The maximum atomic E-state index is 13.0. The summed E-state index contributed by atoms with van der Waals surface area (Å²) >= 11 is 0. The number of nitrogens with one attached hydrogen (secondary N) is 2. The Labute approximate surface area is 194 Å². The smallest absolute Gasteiger partial charge is 0.266 e. The summed E-state index contributed by atoms with van der Waals surface area (Å²) in [6.07, 6.45) is 1.38. The minimum atomic E-state index is -0.620. The predicted molar refractivity (Wildman–Crippen MR) is 124 cm³/mol. The van der Waals surface area contributed by atoms with E-state index < -0.39 is 17.6 Å². The quantitative estimate of drug-likeness (QED) is 0.264. The fourth-order valence-electron chi connectivity index (χ4n) is 2.83. The minimum absolute atomic E-state index is 0.0522. The van der Waals surface area contributed by atoms with Crippen LogP contribution in [-0.4, -0.2) is 30.6 Å². The van der Waals surface area contributed by atoms with Crippen molar-refractivity contribution in [2.45, 2.75) is 0 Å². The molecule has 3 aromatic carbocycles. The van der Waals surface area contributed by atoms with E-state index in [0.717, 1.165) is 0 Å². The van der Waals surface area contributed by atoms with Crippen molar-refractivity contribution in [3.8, 4) is 23.3 Å². The van der Waals surface area contributed by atoms with Gasteiger partial charge in [-0.3, -0.25) is 9.59 Å². The lowest BCUT2D eigenvalue weighted by atomic mass is 10.1. The van der Waals surface area contributed by atoms with Gasteiger partial charge >= 0.3 is 0 Å². The van der Waals surface area contributed by atoms with Gasteiger partial charge in [0.15, 0.2) is 18.1 Å². The standard InChI is InChI=1S/C25H20FN3O5/c1-33-23-13-16(12-17(14-27)25(32)29-20-7-9-21(30)10-8-20)2-11-22(23)34-15-24(31)28-19-5-3-18(26)4-6-19/h2-13,30H,15H2,1H3,(H,28,31)(H,29,32). The average Bonchev–Trinajstić information content (AvgIpc) is 2.84. The normalized spacial score (nSPS) is 10.7. The lowest BCUT2D eigenvalue weighted by Gasteiger charge is -2.12. The second-order valence-electron chi connectivity index (χ2n) is 6.92. The first-order valence-corrected chi connectivity index (χ1v) is 9.96. The number of phenolic OH excluding ortho intramolecular Hbond substituents is 1. The number of ether oxygens (including phenoxy) is 2. The first-order chi connectivity index (χ1) is 16.4. The summed E-state index contributed by atoms with van der Waals surface area (Å²) in [6, 6.07) is 17.7. The molecule has 0 aliphatic carbocycles. The van der Waals surface area contributed by atoms with Crippen molar-refractivity contribution in [3.05, 3.63) is 83.7 Å². The molecule has 3 aromatic rings. The van der Waals surface area contributed by atoms with E-state index in [1.165, 1.54) is 61.7 Å². The van der Waals surface area contributed by atoms with Gasteiger partial charge in [0.2, 0.25) is 0 Å². The molecule has 0 aliphatic rings. The van der Waals surface area contributed by atoms with Gasteiger partial charge in [-0.15, -0.1) is 0 Å². The highest BCUT2D eigenvalue weighted by Gasteiger charge is 2.12. The van der Waals surface area contributed by atoms with Crippen LogP contribution in [0.3, 0.4) is 0 Å². The largest absolute Gasteiger partial charge is 0.508 e. The van der Waals surface area contributed by atoms with Gasteiger partial charge in [0.05, 0.1) is 7.11 Å². The van der Waals surface area contributed by atoms with Gasteiger partial charge in [-0.1, -0.05) is 6.07 Å². The molecule has 34 heavy (non-hydrogen) atoms. The monoisotopic (exact) mass is 461 g/mol. The molecule has 0 fully saturated rings. The summed E-state index contributed by atoms with van der Waals surface area (Å²) in [5, 5.41) is 23.9. The molecular formula is C25H20FN3O5. The van der Waals surface area contributed by atoms with E-state index in [9.17, 15) is 24.3 Å². The van der Waals surface area contributed by atoms with E-state index in [-0.39, 0.29) is 23.7 Å². The van der Waals surface area contributed by atoms with Gasteiger partial charge < -0.3 is 25.2 Å². The van der Waals surface area contributed by atoms with Crippen LogP contribution >= 0.6 is 0 Å². The van der Waals surface area contributed by atoms with Gasteiger partial charge in [-0.05, 0) is 72.3 Å². The number of hydrogen-bond donors (Lipinski definition) is 3. The Morgan fingerprint density at radius 3 is 2.29 bits per heavy atom. The number of carbonyl (C=O) groups excluding carboxylic acids is 2. The van der Waals surface area contributed by atoms with Crippen LogP contribution in [0.1, 0.15) is 5.56 Å². The van der Waals surface area contributed by atoms with Crippen LogP contribution in [0.4, 0.5) is 15.8 Å². The molecule has 3 N–H and O–H groups in total. The van der Waals surface area contributed by atoms with Crippen LogP contribution in [0.5, 0.6) is 17.2 Å². The van der Waals surface area contributed by atoms with E-state index in [0.29, 0.717) is 22.7 Å². The molecule has 0 aromatic heterocycles. The number of benzene rings is 3. The van der Waals surface area contributed by atoms with Crippen LogP contribution in [0, 0.1) is 17.1 Å². The molecule has 3 rings (SSSR count). The Kier molecular flexibility index (Phi) is 7.81. The van der Waals surface area contributed by atoms with E-state index in [4.69, 9.17) is 9.47 Å². The fraction of sp³-hybridized carbons (Fsp3) is 0.0800. The number of carbonyl (C=O) groups is 2. The maximum Gasteiger partial charge on any atom is 0.266 e. The summed E-state index contributed by atoms with van der Waals surface area (Å²) < 4.78 is 23.8. The van der Waals surface area contributed by atoms with Gasteiger partial charge in [-0.25, -0.2) is 4.39 Å². The zero-order chi connectivity index (χ0) is 24.5. The van der Waals surface area contributed by atoms with Crippen LogP contribution in [0.25, 0.3) is 6.08 Å². The van der Waals surface area contributed by atoms with Crippen molar-refractivity contribution < 1.29 is 28.6 Å². The van der Waals surface area contributed by atoms with Crippen molar-refractivity contribution in [1.82, 2.24) is 0 Å². The third-order valence-electron chi connectivity index (χ3n) is 4.48. The number of amides is 2. The van der Waals surface area contributed by atoms with Crippen molar-refractivity contribution in [3.63, 3.8) is 0 Å². The number of anilines is 2. The minimum Gasteiger partial charge on any atom is -0.508 e. The molecule has 0 unspecified atom stereocenters. The van der Waals surface area contributed by atoms with Crippen molar-refractivity contribution in [2.24, 2.45) is 0 Å². The molecule has 0 heterocycles. The second-order valence-corrected chi connectivity index (χ2v) is 6.92. The third-order valence-corrected chi connectivity index (χ3v) is 4.48. The highest BCUT2D eigenvalue weighted by Crippen LogP contribution is 2.29. The number of methoxy groups -OCH3 is 1. The molecule has 0 saturated carbocycles. The molecule has 2 amide bonds. The first kappa shape index (κ1) is 23.8. The van der Waals surface area contributed by atoms with Gasteiger partial charge in [-0.2, -0.15) is 5.26 Å². The zero-order valence-corrected chi connectivity index (χ0v) is 18.0. The number of nitriles is 1. The van der Waals surface area contributed by atoms with E-state index in [1.54, 1.807) is 18.2 Å². The topological polar surface area (TPSA) is 121 Å². The summed E-state index contributed by atoms with van der Waals surface area (Å²) in [5.41, 5.74) is 1.20. The van der Waals surface area contributed by atoms with Gasteiger partial charge in [0, 0.05) is 11.4 Å². The fourth-order valence-corrected chi connectivity index (χ4v) is 2.83. The van der Waals surface area contributed by atoms with Crippen LogP contribution < -0.4 is 20.1 Å². The number of nitrogens with zero attached hydrogens (tertiary/aromatic N) is 1. The highest BCUT2D eigenvalue weighted by molar-refractivity contribution is 6.09. The number of halogens is 1. The molecule has 0 bridgehead atoms. The van der Waals surface area contributed by atoms with Crippen molar-refractivity contribution >= 4 is 29.3 Å². The summed E-state index contributed by atoms with van der Waals surface area (Å²) in [4.78, 5) is 24.5. The summed E-state index contributed by atoms with van der Waals surface area (Å²) in [5.74, 6) is -0.859. The summed E-state index contributed by atoms with van der Waals surface area (Å²) in [7, 11) is 1.41. The van der Waals surface area contributed by atoms with E-state index in [1.807, 2.05) is 6.07 Å². The number of aromatic hydroxyl groups is 1. The van der Waals surface area contributed by atoms with Gasteiger partial charge in [0.1, 0.15) is 23.2 Å². The molecule has 0 radical (unpaired) electrons. The molecule has 0 atom stereocenters. The second kappa shape index (κ2) is 11.2. The molecule has 9 heteroatoms. The Balaban J connectivity index is 1.66. The van der Waals surface area contributed by atoms with E-state index in [2.05, 4.69) is 10.6 Å². The van der Waals surface area contributed by atoms with Crippen LogP contribution in [0.15, 0.2) is 72.3 Å². The number of hydrogen-bond acceptors (Lipinski definition) is 6. The van der Waals surface area contributed by atoms with E-state index >= 15 is 0 Å². The highest BCUT2D eigenvalue weighted by atomic mass is 19.1. The average molecular weight is 461 g/mol. The SMILES string of the molecule is COc1cc(C=C(C#N)C(=O)Nc2ccc(O)cc2)ccc1OCC(=O)Nc1ccc(F)cc1. The molecule has 0 aliphatic heterocycles.